The van der Waals surface area contributed by atoms with Crippen LogP contribution in [0.15, 0.2) is 48.5 Å². The van der Waals surface area contributed by atoms with Gasteiger partial charge in [-0.1, -0.05) is 61.8 Å². The third-order valence-corrected chi connectivity index (χ3v) is 4.65. The smallest absolute Gasteiger partial charge is 0.253 e. The lowest BCUT2D eigenvalue weighted by Crippen LogP contribution is -2.45. The van der Waals surface area contributed by atoms with Crippen molar-refractivity contribution in [3.05, 3.63) is 70.2 Å². The molecule has 2 atom stereocenters. The van der Waals surface area contributed by atoms with Gasteiger partial charge in [0.05, 0.1) is 16.6 Å². The van der Waals surface area contributed by atoms with Crippen LogP contribution >= 0.6 is 11.6 Å². The number of carbonyl (C=O) groups excluding carboxylic acids is 2. The maximum absolute atomic E-state index is 12.4. The summed E-state index contributed by atoms with van der Waals surface area (Å²) >= 11 is 6.02. The van der Waals surface area contributed by atoms with Crippen LogP contribution < -0.4 is 10.6 Å². The number of nitrogens with one attached hydrogen (secondary N) is 2. The molecule has 0 unspecified atom stereocenters. The van der Waals surface area contributed by atoms with Gasteiger partial charge in [0.2, 0.25) is 5.91 Å². The molecule has 5 heteroatoms. The first-order chi connectivity index (χ1) is 12.3. The standard InChI is InChI=1S/C21H25ClN2O2/c1-13(2)16-9-11-17(12-10-16)14(3)23-20(25)15(4)24-21(26)18-7-5-6-8-19(18)22/h5-15H,1-4H3,(H,23,25)(H,24,26)/t14-,15-/m0/s1. The Bertz CT molecular complexity index is 772. The summed E-state index contributed by atoms with van der Waals surface area (Å²) in [5.41, 5.74) is 2.63. The second kappa shape index (κ2) is 8.86. The normalized spacial score (nSPS) is 13.2. The van der Waals surface area contributed by atoms with E-state index < -0.39 is 6.04 Å². The third-order valence-electron chi connectivity index (χ3n) is 4.32. The van der Waals surface area contributed by atoms with Crippen LogP contribution in [0.25, 0.3) is 0 Å². The van der Waals surface area contributed by atoms with Crippen LogP contribution in [0.2, 0.25) is 5.02 Å². The molecule has 0 saturated heterocycles. The first kappa shape index (κ1) is 20.0. The van der Waals surface area contributed by atoms with Crippen LogP contribution in [0.5, 0.6) is 0 Å². The molecule has 2 amide bonds. The molecule has 26 heavy (non-hydrogen) atoms. The minimum atomic E-state index is -0.670. The van der Waals surface area contributed by atoms with E-state index in [4.69, 9.17) is 11.6 Å². The summed E-state index contributed by atoms with van der Waals surface area (Å²) in [6.07, 6.45) is 0. The molecule has 0 bridgehead atoms. The minimum Gasteiger partial charge on any atom is -0.348 e. The molecule has 0 aliphatic heterocycles. The van der Waals surface area contributed by atoms with Gasteiger partial charge in [-0.3, -0.25) is 9.59 Å². The fourth-order valence-corrected chi connectivity index (χ4v) is 2.80. The van der Waals surface area contributed by atoms with E-state index in [0.717, 1.165) is 5.56 Å². The predicted molar refractivity (Wildman–Crippen MR) is 105 cm³/mol. The van der Waals surface area contributed by atoms with Gasteiger partial charge in [0, 0.05) is 0 Å². The van der Waals surface area contributed by atoms with Gasteiger partial charge < -0.3 is 10.6 Å². The third kappa shape index (κ3) is 5.09. The molecule has 2 aromatic carbocycles. The number of hydrogen-bond donors (Lipinski definition) is 2. The summed E-state index contributed by atoms with van der Waals surface area (Å²) < 4.78 is 0. The van der Waals surface area contributed by atoms with Crippen molar-refractivity contribution in [3.63, 3.8) is 0 Å². The van der Waals surface area contributed by atoms with Crippen molar-refractivity contribution in [1.82, 2.24) is 10.6 Å². The molecule has 0 fully saturated rings. The van der Waals surface area contributed by atoms with Crippen molar-refractivity contribution in [2.45, 2.75) is 45.7 Å². The molecule has 0 radical (unpaired) electrons. The van der Waals surface area contributed by atoms with E-state index in [1.54, 1.807) is 31.2 Å². The highest BCUT2D eigenvalue weighted by atomic mass is 35.5. The van der Waals surface area contributed by atoms with E-state index in [9.17, 15) is 9.59 Å². The lowest BCUT2D eigenvalue weighted by atomic mass is 9.99. The molecule has 2 aromatic rings. The Morgan fingerprint density at radius 1 is 0.846 bits per heavy atom. The SMILES string of the molecule is CC(C)c1ccc([C@H](C)NC(=O)[C@H](C)NC(=O)c2ccccc2Cl)cc1. The van der Waals surface area contributed by atoms with Crippen molar-refractivity contribution in [3.8, 4) is 0 Å². The zero-order valence-corrected chi connectivity index (χ0v) is 16.3. The first-order valence-electron chi connectivity index (χ1n) is 8.75. The van der Waals surface area contributed by atoms with Crippen molar-refractivity contribution in [2.75, 3.05) is 0 Å². The highest BCUT2D eigenvalue weighted by molar-refractivity contribution is 6.33. The zero-order valence-electron chi connectivity index (χ0n) is 15.5. The summed E-state index contributed by atoms with van der Waals surface area (Å²) in [6.45, 7) is 7.86. The molecular formula is C21H25ClN2O2. The molecule has 0 aliphatic carbocycles. The van der Waals surface area contributed by atoms with E-state index in [-0.39, 0.29) is 17.9 Å². The van der Waals surface area contributed by atoms with Crippen LogP contribution in [-0.2, 0) is 4.79 Å². The Morgan fingerprint density at radius 2 is 1.42 bits per heavy atom. The van der Waals surface area contributed by atoms with E-state index in [1.807, 2.05) is 19.1 Å². The van der Waals surface area contributed by atoms with E-state index in [2.05, 4.69) is 36.6 Å². The lowest BCUT2D eigenvalue weighted by Gasteiger charge is -2.19. The fourth-order valence-electron chi connectivity index (χ4n) is 2.58. The van der Waals surface area contributed by atoms with Gasteiger partial charge in [0.15, 0.2) is 0 Å². The summed E-state index contributed by atoms with van der Waals surface area (Å²) in [4.78, 5) is 24.7. The maximum Gasteiger partial charge on any atom is 0.253 e. The van der Waals surface area contributed by atoms with Crippen LogP contribution in [0.3, 0.4) is 0 Å². The fraction of sp³-hybridized carbons (Fsp3) is 0.333. The number of rotatable bonds is 6. The summed E-state index contributed by atoms with van der Waals surface area (Å²) in [7, 11) is 0. The van der Waals surface area contributed by atoms with Gasteiger partial charge in [-0.25, -0.2) is 0 Å². The van der Waals surface area contributed by atoms with E-state index in [0.29, 0.717) is 16.5 Å². The van der Waals surface area contributed by atoms with Gasteiger partial charge in [-0.15, -0.1) is 0 Å². The van der Waals surface area contributed by atoms with Crippen molar-refractivity contribution >= 4 is 23.4 Å². The minimum absolute atomic E-state index is 0.150. The second-order valence-corrected chi connectivity index (χ2v) is 7.13. The molecule has 0 aromatic heterocycles. The topological polar surface area (TPSA) is 58.2 Å². The van der Waals surface area contributed by atoms with Gasteiger partial charge in [0.25, 0.3) is 5.91 Å². The Labute approximate surface area is 159 Å². The average Bonchev–Trinajstić information content (AvgIpc) is 2.61. The van der Waals surface area contributed by atoms with Gasteiger partial charge in [-0.2, -0.15) is 0 Å². The Balaban J connectivity index is 1.95. The number of amides is 2. The number of carbonyl (C=O) groups is 2. The molecule has 0 saturated carbocycles. The monoisotopic (exact) mass is 372 g/mol. The molecular weight excluding hydrogens is 348 g/mol. The van der Waals surface area contributed by atoms with E-state index in [1.165, 1.54) is 5.56 Å². The Hall–Kier alpha value is -2.33. The number of halogens is 1. The molecule has 2 rings (SSSR count). The highest BCUT2D eigenvalue weighted by Crippen LogP contribution is 2.19. The van der Waals surface area contributed by atoms with Gasteiger partial charge in [-0.05, 0) is 43.0 Å². The molecule has 138 valence electrons. The highest BCUT2D eigenvalue weighted by Gasteiger charge is 2.20. The molecule has 0 aliphatic rings. The summed E-state index contributed by atoms with van der Waals surface area (Å²) in [6, 6.07) is 14.1. The number of benzene rings is 2. The maximum atomic E-state index is 12.4. The largest absolute Gasteiger partial charge is 0.348 e. The quantitative estimate of drug-likeness (QED) is 0.786. The van der Waals surface area contributed by atoms with Gasteiger partial charge >= 0.3 is 0 Å². The Morgan fingerprint density at radius 3 is 2.00 bits per heavy atom. The second-order valence-electron chi connectivity index (χ2n) is 6.73. The predicted octanol–water partition coefficient (Wildman–Crippen LogP) is 4.46. The van der Waals surface area contributed by atoms with Crippen LogP contribution in [0, 0.1) is 0 Å². The van der Waals surface area contributed by atoms with Crippen LogP contribution in [0.1, 0.15) is 61.1 Å². The molecule has 0 spiro atoms. The molecule has 0 heterocycles. The van der Waals surface area contributed by atoms with Crippen molar-refractivity contribution in [2.24, 2.45) is 0 Å². The summed E-state index contributed by atoms with van der Waals surface area (Å²) in [5.74, 6) is -0.146. The van der Waals surface area contributed by atoms with Crippen molar-refractivity contribution in [1.29, 1.82) is 0 Å². The number of hydrogen-bond acceptors (Lipinski definition) is 2. The Kier molecular flexibility index (Phi) is 6.81. The van der Waals surface area contributed by atoms with Gasteiger partial charge in [0.1, 0.15) is 6.04 Å². The van der Waals surface area contributed by atoms with E-state index >= 15 is 0 Å². The van der Waals surface area contributed by atoms with Crippen LogP contribution in [0.4, 0.5) is 0 Å². The zero-order chi connectivity index (χ0) is 19.3. The van der Waals surface area contributed by atoms with Crippen LogP contribution in [-0.4, -0.2) is 17.9 Å². The first-order valence-corrected chi connectivity index (χ1v) is 9.13. The molecule has 2 N–H and O–H groups in total. The lowest BCUT2D eigenvalue weighted by molar-refractivity contribution is -0.123. The molecule has 4 nitrogen and oxygen atoms in total. The van der Waals surface area contributed by atoms with Crippen molar-refractivity contribution < 1.29 is 9.59 Å². The summed E-state index contributed by atoms with van der Waals surface area (Å²) in [5, 5.41) is 5.97. The average molecular weight is 373 g/mol.